The van der Waals surface area contributed by atoms with Crippen molar-refractivity contribution < 1.29 is 22.3 Å². The maximum Gasteiger partial charge on any atom is 0.246 e. The van der Waals surface area contributed by atoms with Crippen LogP contribution in [0.15, 0.2) is 28.7 Å². The van der Waals surface area contributed by atoms with Gasteiger partial charge in [0.05, 0.1) is 20.0 Å². The Kier molecular flexibility index (Phi) is 5.36. The highest BCUT2D eigenvalue weighted by Crippen LogP contribution is 2.23. The van der Waals surface area contributed by atoms with Gasteiger partial charge in [0.1, 0.15) is 11.9 Å². The van der Waals surface area contributed by atoms with Gasteiger partial charge in [-0.3, -0.25) is 0 Å². The van der Waals surface area contributed by atoms with Crippen molar-refractivity contribution in [2.24, 2.45) is 0 Å². The highest BCUT2D eigenvalue weighted by Gasteiger charge is 2.30. The van der Waals surface area contributed by atoms with Gasteiger partial charge >= 0.3 is 0 Å². The molecule has 1 aliphatic heterocycles. The number of ether oxygens (including phenoxy) is 2. The number of rotatable bonds is 6. The molecule has 1 fully saturated rings. The van der Waals surface area contributed by atoms with Crippen molar-refractivity contribution in [2.75, 3.05) is 33.1 Å². The van der Waals surface area contributed by atoms with Crippen LogP contribution >= 0.6 is 0 Å². The predicted molar refractivity (Wildman–Crippen MR) is 89.8 cm³/mol. The average Bonchev–Trinajstić information content (AvgIpc) is 3.09. The molecular weight excluding hydrogens is 346 g/mol. The summed E-state index contributed by atoms with van der Waals surface area (Å²) >= 11 is 0. The maximum atomic E-state index is 11.7. The van der Waals surface area contributed by atoms with Crippen LogP contribution in [0.25, 0.3) is 0 Å². The first-order valence-corrected chi connectivity index (χ1v) is 9.82. The molecule has 0 N–H and O–H groups in total. The minimum Gasteiger partial charge on any atom is -0.497 e. The Morgan fingerprint density at radius 3 is 2.92 bits per heavy atom. The Labute approximate surface area is 146 Å². The Bertz CT molecular complexity index is 821. The third-order valence-corrected chi connectivity index (χ3v) is 5.29. The van der Waals surface area contributed by atoms with Crippen LogP contribution in [0, 0.1) is 0 Å². The molecule has 0 aliphatic carbocycles. The molecule has 0 amide bonds. The number of hydrogen-bond donors (Lipinski definition) is 0. The average molecular weight is 367 g/mol. The molecule has 1 atom stereocenters. The topological polar surface area (TPSA) is 94.8 Å². The normalized spacial score (nSPS) is 19.0. The largest absolute Gasteiger partial charge is 0.497 e. The monoisotopic (exact) mass is 367 g/mol. The zero-order valence-electron chi connectivity index (χ0n) is 14.2. The lowest BCUT2D eigenvalue weighted by atomic mass is 10.1. The fraction of sp³-hybridized carbons (Fsp3) is 0.500. The number of hydrogen-bond acceptors (Lipinski definition) is 7. The zero-order valence-corrected chi connectivity index (χ0v) is 15.0. The minimum atomic E-state index is -3.26. The number of nitrogens with zero attached hydrogens (tertiary/aromatic N) is 3. The van der Waals surface area contributed by atoms with Crippen LogP contribution in [0.1, 0.15) is 23.4 Å². The smallest absolute Gasteiger partial charge is 0.246 e. The molecular formula is C16H21N3O5S. The maximum absolute atomic E-state index is 11.7. The number of aromatic nitrogens is 2. The van der Waals surface area contributed by atoms with Gasteiger partial charge in [0.25, 0.3) is 0 Å². The van der Waals surface area contributed by atoms with Crippen LogP contribution in [0.4, 0.5) is 0 Å². The van der Waals surface area contributed by atoms with Crippen molar-refractivity contribution in [1.82, 2.24) is 14.5 Å². The van der Waals surface area contributed by atoms with Crippen LogP contribution in [0.2, 0.25) is 0 Å². The third kappa shape index (κ3) is 4.56. The van der Waals surface area contributed by atoms with Gasteiger partial charge < -0.3 is 13.9 Å². The summed E-state index contributed by atoms with van der Waals surface area (Å²) in [4.78, 5) is 0. The van der Waals surface area contributed by atoms with E-state index in [1.54, 1.807) is 7.11 Å². The van der Waals surface area contributed by atoms with Crippen LogP contribution < -0.4 is 4.74 Å². The predicted octanol–water partition coefficient (Wildman–Crippen LogP) is 1.20. The lowest BCUT2D eigenvalue weighted by Gasteiger charge is -2.29. The van der Waals surface area contributed by atoms with E-state index in [0.29, 0.717) is 31.4 Å². The molecule has 1 aromatic heterocycles. The molecule has 2 aromatic rings. The first-order valence-electron chi connectivity index (χ1n) is 7.97. The van der Waals surface area contributed by atoms with E-state index in [4.69, 9.17) is 13.9 Å². The van der Waals surface area contributed by atoms with Gasteiger partial charge in [0, 0.05) is 19.5 Å². The number of morpholine rings is 1. The first-order chi connectivity index (χ1) is 12.0. The van der Waals surface area contributed by atoms with E-state index in [2.05, 4.69) is 10.2 Å². The Morgan fingerprint density at radius 2 is 2.16 bits per heavy atom. The molecule has 1 saturated heterocycles. The van der Waals surface area contributed by atoms with E-state index >= 15 is 0 Å². The third-order valence-electron chi connectivity index (χ3n) is 4.02. The summed E-state index contributed by atoms with van der Waals surface area (Å²) in [6, 6.07) is 7.80. The number of benzene rings is 1. The molecule has 0 bridgehead atoms. The van der Waals surface area contributed by atoms with Gasteiger partial charge in [-0.1, -0.05) is 12.1 Å². The van der Waals surface area contributed by atoms with Crippen molar-refractivity contribution in [2.45, 2.75) is 18.9 Å². The lowest BCUT2D eigenvalue weighted by Crippen LogP contribution is -2.41. The SMILES string of the molecule is COc1cccc(CCc2nnc([C@H]3CN(S(C)(=O)=O)CCO3)o2)c1. The minimum absolute atomic E-state index is 0.191. The number of methoxy groups -OCH3 is 1. The molecule has 8 nitrogen and oxygen atoms in total. The molecule has 0 spiro atoms. The Morgan fingerprint density at radius 1 is 1.32 bits per heavy atom. The summed E-state index contributed by atoms with van der Waals surface area (Å²) in [6.07, 6.45) is 1.98. The van der Waals surface area contributed by atoms with Crippen molar-refractivity contribution in [3.8, 4) is 5.75 Å². The molecule has 3 rings (SSSR count). The molecule has 0 saturated carbocycles. The standard InChI is InChI=1S/C16H21N3O5S/c1-22-13-5-3-4-12(10-13)6-7-15-17-18-16(24-15)14-11-19(8-9-23-14)25(2,20)21/h3-5,10,14H,6-9,11H2,1-2H3/t14-/m1/s1. The molecule has 1 aromatic carbocycles. The van der Waals surface area contributed by atoms with Gasteiger partial charge in [-0.2, -0.15) is 4.31 Å². The summed E-state index contributed by atoms with van der Waals surface area (Å²) in [7, 11) is -1.63. The van der Waals surface area contributed by atoms with Crippen LogP contribution in [-0.2, 0) is 27.6 Å². The van der Waals surface area contributed by atoms with E-state index in [-0.39, 0.29) is 6.54 Å². The summed E-state index contributed by atoms with van der Waals surface area (Å²) in [5.41, 5.74) is 1.11. The fourth-order valence-corrected chi connectivity index (χ4v) is 3.47. The van der Waals surface area contributed by atoms with E-state index in [9.17, 15) is 8.42 Å². The van der Waals surface area contributed by atoms with Crippen molar-refractivity contribution in [1.29, 1.82) is 0 Å². The number of sulfonamides is 1. The Hall–Kier alpha value is -1.97. The number of aryl methyl sites for hydroxylation is 2. The molecule has 2 heterocycles. The first kappa shape index (κ1) is 17.8. The van der Waals surface area contributed by atoms with E-state index < -0.39 is 16.1 Å². The van der Waals surface area contributed by atoms with Crippen molar-refractivity contribution in [3.63, 3.8) is 0 Å². The van der Waals surface area contributed by atoms with E-state index in [1.165, 1.54) is 10.6 Å². The molecule has 0 radical (unpaired) electrons. The summed E-state index contributed by atoms with van der Waals surface area (Å²) in [5, 5.41) is 8.05. The van der Waals surface area contributed by atoms with Gasteiger partial charge in [-0.05, 0) is 24.1 Å². The van der Waals surface area contributed by atoms with Gasteiger partial charge in [-0.25, -0.2) is 8.42 Å². The van der Waals surface area contributed by atoms with Crippen molar-refractivity contribution >= 4 is 10.0 Å². The summed E-state index contributed by atoms with van der Waals surface area (Å²) in [5.74, 6) is 1.62. The second-order valence-corrected chi connectivity index (χ2v) is 7.85. The second kappa shape index (κ2) is 7.51. The summed E-state index contributed by atoms with van der Waals surface area (Å²) in [6.45, 7) is 0.835. The van der Waals surface area contributed by atoms with Gasteiger partial charge in [0.2, 0.25) is 21.8 Å². The molecule has 25 heavy (non-hydrogen) atoms. The zero-order chi connectivity index (χ0) is 17.9. The van der Waals surface area contributed by atoms with Crippen LogP contribution in [0.5, 0.6) is 5.75 Å². The van der Waals surface area contributed by atoms with Crippen LogP contribution in [-0.4, -0.2) is 56.0 Å². The van der Waals surface area contributed by atoms with Crippen molar-refractivity contribution in [3.05, 3.63) is 41.6 Å². The highest BCUT2D eigenvalue weighted by molar-refractivity contribution is 7.88. The quantitative estimate of drug-likeness (QED) is 0.757. The second-order valence-electron chi connectivity index (χ2n) is 5.87. The molecule has 1 aliphatic rings. The van der Waals surface area contributed by atoms with E-state index in [0.717, 1.165) is 17.7 Å². The molecule has 9 heteroatoms. The van der Waals surface area contributed by atoms with E-state index in [1.807, 2.05) is 24.3 Å². The van der Waals surface area contributed by atoms with Gasteiger partial charge in [0.15, 0.2) is 0 Å². The Balaban J connectivity index is 1.62. The summed E-state index contributed by atoms with van der Waals surface area (Å²) < 4.78 is 41.2. The van der Waals surface area contributed by atoms with Crippen LogP contribution in [0.3, 0.4) is 0 Å². The fourth-order valence-electron chi connectivity index (χ4n) is 2.65. The molecule has 0 unspecified atom stereocenters. The molecule has 136 valence electrons. The highest BCUT2D eigenvalue weighted by atomic mass is 32.2. The lowest BCUT2D eigenvalue weighted by molar-refractivity contribution is -0.0176. The van der Waals surface area contributed by atoms with Gasteiger partial charge in [-0.15, -0.1) is 10.2 Å².